The van der Waals surface area contributed by atoms with Crippen molar-refractivity contribution in [3.8, 4) is 0 Å². The topological polar surface area (TPSA) is 58.4 Å². The highest BCUT2D eigenvalue weighted by Gasteiger charge is 2.35. The van der Waals surface area contributed by atoms with Gasteiger partial charge in [-0.1, -0.05) is 18.6 Å². The van der Waals surface area contributed by atoms with Crippen molar-refractivity contribution in [2.24, 2.45) is 5.73 Å². The zero-order chi connectivity index (χ0) is 14.8. The number of hydrogen-bond acceptors (Lipinski definition) is 3. The van der Waals surface area contributed by atoms with Crippen molar-refractivity contribution in [2.45, 2.75) is 56.8 Å². The highest BCUT2D eigenvalue weighted by atomic mass is 16.1. The second-order valence-electron chi connectivity index (χ2n) is 6.52. The van der Waals surface area contributed by atoms with Crippen LogP contribution in [0.3, 0.4) is 0 Å². The van der Waals surface area contributed by atoms with E-state index in [9.17, 15) is 4.79 Å². The van der Waals surface area contributed by atoms with E-state index in [1.165, 1.54) is 32.1 Å². The van der Waals surface area contributed by atoms with Gasteiger partial charge in [-0.15, -0.1) is 0 Å². The summed E-state index contributed by atoms with van der Waals surface area (Å²) in [5.74, 6) is -0.356. The van der Waals surface area contributed by atoms with Gasteiger partial charge in [0, 0.05) is 30.2 Å². The Balaban J connectivity index is 1.58. The van der Waals surface area contributed by atoms with Gasteiger partial charge in [-0.3, -0.25) is 4.79 Å². The molecular formula is C17H25N3O. The Morgan fingerprint density at radius 2 is 2.05 bits per heavy atom. The van der Waals surface area contributed by atoms with Crippen LogP contribution in [0.1, 0.15) is 48.0 Å². The molecule has 21 heavy (non-hydrogen) atoms. The van der Waals surface area contributed by atoms with Gasteiger partial charge in [0.05, 0.1) is 0 Å². The Kier molecular flexibility index (Phi) is 4.27. The van der Waals surface area contributed by atoms with E-state index >= 15 is 0 Å². The molecule has 2 heterocycles. The second-order valence-corrected chi connectivity index (χ2v) is 6.52. The number of nitrogens with two attached hydrogens (primary N) is 1. The van der Waals surface area contributed by atoms with E-state index in [4.69, 9.17) is 5.73 Å². The predicted molar refractivity (Wildman–Crippen MR) is 84.0 cm³/mol. The summed E-state index contributed by atoms with van der Waals surface area (Å²) < 4.78 is 0. The smallest absolute Gasteiger partial charge is 0.248 e. The van der Waals surface area contributed by atoms with E-state index in [1.807, 2.05) is 12.1 Å². The molecule has 2 aliphatic heterocycles. The highest BCUT2D eigenvalue weighted by molar-refractivity contribution is 5.92. The van der Waals surface area contributed by atoms with E-state index in [0.29, 0.717) is 11.6 Å². The average Bonchev–Trinajstić information content (AvgIpc) is 2.46. The van der Waals surface area contributed by atoms with Crippen LogP contribution in [-0.4, -0.2) is 36.0 Å². The summed E-state index contributed by atoms with van der Waals surface area (Å²) in [5.41, 5.74) is 7.06. The van der Waals surface area contributed by atoms with E-state index < -0.39 is 0 Å². The molecule has 2 saturated heterocycles. The predicted octanol–water partition coefficient (Wildman–Crippen LogP) is 1.89. The molecule has 3 rings (SSSR count). The summed E-state index contributed by atoms with van der Waals surface area (Å²) in [5, 5.41) is 3.67. The van der Waals surface area contributed by atoms with Crippen LogP contribution in [0, 0.1) is 0 Å². The molecular weight excluding hydrogens is 262 g/mol. The Labute approximate surface area is 126 Å². The van der Waals surface area contributed by atoms with Gasteiger partial charge in [-0.2, -0.15) is 0 Å². The molecule has 2 fully saturated rings. The SMILES string of the molecule is CN1C2CCCC1CC(NCc1cccc(C(N)=O)c1)C2. The third-order valence-electron chi connectivity index (χ3n) is 5.15. The highest BCUT2D eigenvalue weighted by Crippen LogP contribution is 2.32. The number of nitrogens with one attached hydrogen (secondary N) is 1. The first kappa shape index (κ1) is 14.5. The van der Waals surface area contributed by atoms with Crippen LogP contribution in [-0.2, 0) is 6.54 Å². The fraction of sp³-hybridized carbons (Fsp3) is 0.588. The molecule has 2 bridgehead atoms. The van der Waals surface area contributed by atoms with Crippen LogP contribution < -0.4 is 11.1 Å². The molecule has 0 aliphatic carbocycles. The lowest BCUT2D eigenvalue weighted by Gasteiger charge is -2.47. The molecule has 0 aromatic heterocycles. The largest absolute Gasteiger partial charge is 0.366 e. The minimum atomic E-state index is -0.356. The van der Waals surface area contributed by atoms with Crippen LogP contribution >= 0.6 is 0 Å². The third-order valence-corrected chi connectivity index (χ3v) is 5.15. The number of rotatable bonds is 4. The van der Waals surface area contributed by atoms with Crippen molar-refractivity contribution in [3.05, 3.63) is 35.4 Å². The quantitative estimate of drug-likeness (QED) is 0.889. The standard InChI is InChI=1S/C17H25N3O/c1-20-15-6-3-7-16(20)10-14(9-15)19-11-12-4-2-5-13(8-12)17(18)21/h2,4-5,8,14-16,19H,3,6-7,9-11H2,1H3,(H2,18,21). The van der Waals surface area contributed by atoms with E-state index in [2.05, 4.69) is 23.3 Å². The number of carbonyl (C=O) groups is 1. The Hall–Kier alpha value is -1.39. The van der Waals surface area contributed by atoms with Gasteiger partial charge < -0.3 is 16.0 Å². The summed E-state index contributed by atoms with van der Waals surface area (Å²) in [6, 6.07) is 9.69. The van der Waals surface area contributed by atoms with Gasteiger partial charge in [0.1, 0.15) is 0 Å². The zero-order valence-corrected chi connectivity index (χ0v) is 12.7. The fourth-order valence-electron chi connectivity index (χ4n) is 3.88. The maximum atomic E-state index is 11.2. The van der Waals surface area contributed by atoms with Gasteiger partial charge in [-0.05, 0) is 50.4 Å². The number of benzene rings is 1. The lowest BCUT2D eigenvalue weighted by molar-refractivity contribution is 0.0482. The van der Waals surface area contributed by atoms with Crippen LogP contribution in [0.2, 0.25) is 0 Å². The molecule has 2 unspecified atom stereocenters. The van der Waals surface area contributed by atoms with E-state index in [1.54, 1.807) is 6.07 Å². The molecule has 2 atom stereocenters. The fourth-order valence-corrected chi connectivity index (χ4v) is 3.88. The molecule has 1 aromatic carbocycles. The maximum Gasteiger partial charge on any atom is 0.248 e. The summed E-state index contributed by atoms with van der Waals surface area (Å²) in [6.07, 6.45) is 6.53. The monoisotopic (exact) mass is 287 g/mol. The van der Waals surface area contributed by atoms with E-state index in [-0.39, 0.29) is 5.91 Å². The van der Waals surface area contributed by atoms with E-state index in [0.717, 1.165) is 24.2 Å². The average molecular weight is 287 g/mol. The first-order valence-corrected chi connectivity index (χ1v) is 7.97. The number of hydrogen-bond donors (Lipinski definition) is 2. The van der Waals surface area contributed by atoms with Crippen molar-refractivity contribution < 1.29 is 4.79 Å². The molecule has 0 spiro atoms. The molecule has 1 aromatic rings. The molecule has 114 valence electrons. The van der Waals surface area contributed by atoms with Crippen LogP contribution in [0.25, 0.3) is 0 Å². The van der Waals surface area contributed by atoms with Gasteiger partial charge in [-0.25, -0.2) is 0 Å². The molecule has 2 aliphatic rings. The van der Waals surface area contributed by atoms with Crippen molar-refractivity contribution >= 4 is 5.91 Å². The Morgan fingerprint density at radius 1 is 1.33 bits per heavy atom. The summed E-state index contributed by atoms with van der Waals surface area (Å²) in [4.78, 5) is 13.8. The Bertz CT molecular complexity index is 503. The van der Waals surface area contributed by atoms with Crippen molar-refractivity contribution in [3.63, 3.8) is 0 Å². The summed E-state index contributed by atoms with van der Waals surface area (Å²) in [7, 11) is 2.28. The number of carbonyl (C=O) groups excluding carboxylic acids is 1. The van der Waals surface area contributed by atoms with Crippen molar-refractivity contribution in [1.82, 2.24) is 10.2 Å². The third kappa shape index (κ3) is 3.27. The van der Waals surface area contributed by atoms with Crippen LogP contribution in [0.4, 0.5) is 0 Å². The molecule has 4 nitrogen and oxygen atoms in total. The molecule has 0 saturated carbocycles. The molecule has 4 heteroatoms. The van der Waals surface area contributed by atoms with Gasteiger partial charge in [0.15, 0.2) is 0 Å². The number of amides is 1. The van der Waals surface area contributed by atoms with Gasteiger partial charge >= 0.3 is 0 Å². The lowest BCUT2D eigenvalue weighted by Crippen LogP contribution is -2.54. The lowest BCUT2D eigenvalue weighted by atomic mass is 9.82. The molecule has 1 amide bonds. The minimum Gasteiger partial charge on any atom is -0.366 e. The van der Waals surface area contributed by atoms with Gasteiger partial charge in [0.2, 0.25) is 5.91 Å². The summed E-state index contributed by atoms with van der Waals surface area (Å²) >= 11 is 0. The van der Waals surface area contributed by atoms with Crippen molar-refractivity contribution in [2.75, 3.05) is 7.05 Å². The maximum absolute atomic E-state index is 11.2. The Morgan fingerprint density at radius 3 is 2.71 bits per heavy atom. The number of nitrogens with zero attached hydrogens (tertiary/aromatic N) is 1. The minimum absolute atomic E-state index is 0.356. The summed E-state index contributed by atoms with van der Waals surface area (Å²) in [6.45, 7) is 0.814. The second kappa shape index (κ2) is 6.16. The number of fused-ring (bicyclic) bond motifs is 2. The first-order valence-electron chi connectivity index (χ1n) is 7.97. The number of primary amides is 1. The first-order chi connectivity index (χ1) is 10.1. The van der Waals surface area contributed by atoms with Crippen LogP contribution in [0.15, 0.2) is 24.3 Å². The van der Waals surface area contributed by atoms with Gasteiger partial charge in [0.25, 0.3) is 0 Å². The number of piperidine rings is 2. The normalized spacial score (nSPS) is 29.3. The van der Waals surface area contributed by atoms with Crippen molar-refractivity contribution in [1.29, 1.82) is 0 Å². The molecule has 3 N–H and O–H groups in total. The van der Waals surface area contributed by atoms with Crippen LogP contribution in [0.5, 0.6) is 0 Å². The molecule has 0 radical (unpaired) electrons. The zero-order valence-electron chi connectivity index (χ0n) is 12.7.